The molecule has 1 fully saturated rings. The highest BCUT2D eigenvalue weighted by molar-refractivity contribution is 7.89. The van der Waals surface area contributed by atoms with Crippen LogP contribution in [0.3, 0.4) is 0 Å². The Labute approximate surface area is 174 Å². The minimum absolute atomic E-state index is 0.100. The molecule has 2 aromatic rings. The van der Waals surface area contributed by atoms with Gasteiger partial charge in [0, 0.05) is 25.2 Å². The molecule has 156 valence electrons. The summed E-state index contributed by atoms with van der Waals surface area (Å²) in [6.45, 7) is 7.27. The van der Waals surface area contributed by atoms with E-state index in [1.165, 1.54) is 11.1 Å². The Morgan fingerprint density at radius 3 is 2.41 bits per heavy atom. The Balaban J connectivity index is 1.56. The Morgan fingerprint density at radius 2 is 1.83 bits per heavy atom. The lowest BCUT2D eigenvalue weighted by molar-refractivity contribution is -0.117. The minimum atomic E-state index is -3.56. The highest BCUT2D eigenvalue weighted by atomic mass is 32.2. The first-order chi connectivity index (χ1) is 13.8. The third kappa shape index (κ3) is 5.25. The van der Waals surface area contributed by atoms with E-state index in [2.05, 4.69) is 42.8 Å². The number of carbonyl (C=O) groups is 1. The average Bonchev–Trinajstić information content (AvgIpc) is 3.11. The van der Waals surface area contributed by atoms with Crippen molar-refractivity contribution in [3.8, 4) is 0 Å². The normalized spacial score (nSPS) is 14.8. The van der Waals surface area contributed by atoms with E-state index in [0.29, 0.717) is 25.4 Å². The second-order valence-electron chi connectivity index (χ2n) is 7.99. The van der Waals surface area contributed by atoms with Crippen molar-refractivity contribution in [1.82, 2.24) is 4.72 Å². The zero-order valence-electron chi connectivity index (χ0n) is 17.4. The van der Waals surface area contributed by atoms with Gasteiger partial charge in [0.05, 0.1) is 4.90 Å². The lowest BCUT2D eigenvalue weighted by atomic mass is 10.0. The number of carbonyl (C=O) groups excluding carboxylic acids is 1. The fourth-order valence-electron chi connectivity index (χ4n) is 3.65. The molecule has 1 aliphatic heterocycles. The van der Waals surface area contributed by atoms with Crippen LogP contribution < -0.4 is 9.62 Å². The van der Waals surface area contributed by atoms with E-state index in [1.54, 1.807) is 23.1 Å². The smallest absolute Gasteiger partial charge is 0.240 e. The molecule has 5 nitrogen and oxygen atoms in total. The van der Waals surface area contributed by atoms with Gasteiger partial charge in [0.2, 0.25) is 15.9 Å². The number of amides is 1. The Kier molecular flexibility index (Phi) is 6.75. The molecule has 0 atom stereocenters. The number of nitrogens with one attached hydrogen (secondary N) is 1. The number of benzene rings is 2. The lowest BCUT2D eigenvalue weighted by Crippen LogP contribution is -2.26. The third-order valence-electron chi connectivity index (χ3n) is 5.42. The second kappa shape index (κ2) is 9.09. The highest BCUT2D eigenvalue weighted by Gasteiger charge is 2.24. The summed E-state index contributed by atoms with van der Waals surface area (Å²) in [5.74, 6) is 0.609. The molecule has 0 saturated carbocycles. The van der Waals surface area contributed by atoms with Gasteiger partial charge in [-0.1, -0.05) is 38.1 Å². The molecule has 6 heteroatoms. The van der Waals surface area contributed by atoms with Gasteiger partial charge in [-0.2, -0.15) is 0 Å². The first-order valence-electron chi connectivity index (χ1n) is 10.3. The SMILES string of the molecule is Cc1cc(S(=O)(=O)NCCCc2ccc(C(C)C)cc2)ccc1N1CCCC1=O. The predicted molar refractivity (Wildman–Crippen MR) is 117 cm³/mol. The van der Waals surface area contributed by atoms with Crippen LogP contribution in [0.4, 0.5) is 5.69 Å². The summed E-state index contributed by atoms with van der Waals surface area (Å²) in [6, 6.07) is 13.5. The summed E-state index contributed by atoms with van der Waals surface area (Å²) in [4.78, 5) is 13.9. The maximum Gasteiger partial charge on any atom is 0.240 e. The number of aryl methyl sites for hydroxylation is 2. The first-order valence-corrected chi connectivity index (χ1v) is 11.8. The molecule has 0 unspecified atom stereocenters. The maximum absolute atomic E-state index is 12.6. The fraction of sp³-hybridized carbons (Fsp3) is 0.435. The Morgan fingerprint density at radius 1 is 1.10 bits per heavy atom. The molecule has 3 rings (SSSR count). The Hall–Kier alpha value is -2.18. The van der Waals surface area contributed by atoms with Gasteiger partial charge in [0.15, 0.2) is 0 Å². The summed E-state index contributed by atoms with van der Waals surface area (Å²) in [5.41, 5.74) is 4.12. The molecule has 1 saturated heterocycles. The summed E-state index contributed by atoms with van der Waals surface area (Å²) >= 11 is 0. The molecule has 0 bridgehead atoms. The van der Waals surface area contributed by atoms with Gasteiger partial charge in [0.1, 0.15) is 0 Å². The van der Waals surface area contributed by atoms with Gasteiger partial charge in [-0.15, -0.1) is 0 Å². The van der Waals surface area contributed by atoms with Crippen LogP contribution in [0.25, 0.3) is 0 Å². The van der Waals surface area contributed by atoms with Gasteiger partial charge < -0.3 is 4.90 Å². The first kappa shape index (κ1) is 21.5. The summed E-state index contributed by atoms with van der Waals surface area (Å²) in [6.07, 6.45) is 2.97. The van der Waals surface area contributed by atoms with Gasteiger partial charge >= 0.3 is 0 Å². The number of anilines is 1. The third-order valence-corrected chi connectivity index (χ3v) is 6.88. The lowest BCUT2D eigenvalue weighted by Gasteiger charge is -2.19. The van der Waals surface area contributed by atoms with Gasteiger partial charge in [-0.25, -0.2) is 13.1 Å². The number of hydrogen-bond acceptors (Lipinski definition) is 3. The molecule has 1 heterocycles. The molecule has 1 amide bonds. The summed E-state index contributed by atoms with van der Waals surface area (Å²) < 4.78 is 27.9. The van der Waals surface area contributed by atoms with Gasteiger partial charge in [0.25, 0.3) is 0 Å². The zero-order valence-corrected chi connectivity index (χ0v) is 18.3. The number of nitrogens with zero attached hydrogens (tertiary/aromatic N) is 1. The van der Waals surface area contributed by atoms with Crippen LogP contribution in [0.1, 0.15) is 55.7 Å². The monoisotopic (exact) mass is 414 g/mol. The van der Waals surface area contributed by atoms with Crippen molar-refractivity contribution >= 4 is 21.6 Å². The maximum atomic E-state index is 12.6. The standard InChI is InChI=1S/C23H30N2O3S/c1-17(2)20-10-8-19(9-11-20)6-4-14-24-29(27,28)21-12-13-22(18(3)16-21)25-15-5-7-23(25)26/h8-13,16-17,24H,4-7,14-15H2,1-3H3. The number of hydrogen-bond donors (Lipinski definition) is 1. The predicted octanol–water partition coefficient (Wildman–Crippen LogP) is 4.16. The van der Waals surface area contributed by atoms with Crippen LogP contribution >= 0.6 is 0 Å². The topological polar surface area (TPSA) is 66.5 Å². The van der Waals surface area contributed by atoms with Crippen LogP contribution in [0.15, 0.2) is 47.4 Å². The molecular formula is C23H30N2O3S. The summed E-state index contributed by atoms with van der Waals surface area (Å²) in [7, 11) is -3.56. The van der Waals surface area contributed by atoms with Crippen LogP contribution in [-0.2, 0) is 21.2 Å². The van der Waals surface area contributed by atoms with Crippen LogP contribution in [0.5, 0.6) is 0 Å². The van der Waals surface area contributed by atoms with Crippen molar-refractivity contribution < 1.29 is 13.2 Å². The fourth-order valence-corrected chi connectivity index (χ4v) is 4.81. The number of sulfonamides is 1. The molecule has 2 aromatic carbocycles. The Bertz CT molecular complexity index is 966. The molecule has 0 radical (unpaired) electrons. The van der Waals surface area contributed by atoms with Crippen molar-refractivity contribution in [2.45, 2.75) is 57.3 Å². The van der Waals surface area contributed by atoms with E-state index in [1.807, 2.05) is 6.92 Å². The van der Waals surface area contributed by atoms with E-state index >= 15 is 0 Å². The van der Waals surface area contributed by atoms with Crippen molar-refractivity contribution in [2.24, 2.45) is 0 Å². The molecule has 1 aliphatic rings. The van der Waals surface area contributed by atoms with Crippen molar-refractivity contribution in [2.75, 3.05) is 18.0 Å². The van der Waals surface area contributed by atoms with Crippen LogP contribution in [-0.4, -0.2) is 27.4 Å². The average molecular weight is 415 g/mol. The molecule has 29 heavy (non-hydrogen) atoms. The van der Waals surface area contributed by atoms with Crippen LogP contribution in [0.2, 0.25) is 0 Å². The van der Waals surface area contributed by atoms with Gasteiger partial charge in [-0.3, -0.25) is 4.79 Å². The van der Waals surface area contributed by atoms with Crippen molar-refractivity contribution in [1.29, 1.82) is 0 Å². The molecular weight excluding hydrogens is 384 g/mol. The van der Waals surface area contributed by atoms with E-state index < -0.39 is 10.0 Å². The quantitative estimate of drug-likeness (QED) is 0.660. The minimum Gasteiger partial charge on any atom is -0.312 e. The number of rotatable bonds is 8. The highest BCUT2D eigenvalue weighted by Crippen LogP contribution is 2.27. The second-order valence-corrected chi connectivity index (χ2v) is 9.76. The van der Waals surface area contributed by atoms with E-state index in [9.17, 15) is 13.2 Å². The van der Waals surface area contributed by atoms with Gasteiger partial charge in [-0.05, 0) is 67.0 Å². The molecule has 0 aliphatic carbocycles. The summed E-state index contributed by atoms with van der Waals surface area (Å²) in [5, 5.41) is 0. The van der Waals surface area contributed by atoms with Crippen LogP contribution in [0, 0.1) is 6.92 Å². The molecule has 1 N–H and O–H groups in total. The van der Waals surface area contributed by atoms with E-state index in [0.717, 1.165) is 30.5 Å². The molecule has 0 spiro atoms. The van der Waals surface area contributed by atoms with E-state index in [-0.39, 0.29) is 10.8 Å². The van der Waals surface area contributed by atoms with E-state index in [4.69, 9.17) is 0 Å². The van der Waals surface area contributed by atoms with Crippen molar-refractivity contribution in [3.05, 3.63) is 59.2 Å². The zero-order chi connectivity index (χ0) is 21.0. The van der Waals surface area contributed by atoms with Crippen molar-refractivity contribution in [3.63, 3.8) is 0 Å². The largest absolute Gasteiger partial charge is 0.312 e. The molecule has 0 aromatic heterocycles.